The Morgan fingerprint density at radius 3 is 2.56 bits per heavy atom. The van der Waals surface area contributed by atoms with Gasteiger partial charge in [-0.25, -0.2) is 14.6 Å². The molecule has 0 spiro atoms. The Morgan fingerprint density at radius 2 is 1.90 bits per heavy atom. The van der Waals surface area contributed by atoms with Crippen molar-refractivity contribution in [1.29, 1.82) is 0 Å². The average molecular weight is 649 g/mol. The Kier molecular flexibility index (Phi) is 9.28. The number of aliphatic hydroxyl groups is 1. The lowest BCUT2D eigenvalue weighted by Gasteiger charge is -2.25. The van der Waals surface area contributed by atoms with E-state index < -0.39 is 6.10 Å². The topological polar surface area (TPSA) is 108 Å². The molecule has 0 aliphatic carbocycles. The molecule has 0 aliphatic heterocycles. The molecule has 12 heteroatoms. The molecule has 2 atom stereocenters. The van der Waals surface area contributed by atoms with Crippen LogP contribution in [-0.2, 0) is 20.1 Å². The molecule has 210 valence electrons. The third-order valence-electron chi connectivity index (χ3n) is 6.20. The summed E-state index contributed by atoms with van der Waals surface area (Å²) >= 11 is 2.29. The fraction of sp³-hybridized carbons (Fsp3) is 0.481. The van der Waals surface area contributed by atoms with Crippen molar-refractivity contribution in [1.82, 2.24) is 38.8 Å². The molecule has 39 heavy (non-hydrogen) atoms. The molecule has 11 nitrogen and oxygen atoms in total. The van der Waals surface area contributed by atoms with E-state index in [1.165, 1.54) is 0 Å². The molecule has 4 aromatic heterocycles. The van der Waals surface area contributed by atoms with Gasteiger partial charge in [-0.05, 0) is 62.9 Å². The molecule has 0 fully saturated rings. The highest BCUT2D eigenvalue weighted by atomic mass is 127. The summed E-state index contributed by atoms with van der Waals surface area (Å²) in [5.41, 5.74) is 3.61. The molecule has 4 heterocycles. The summed E-state index contributed by atoms with van der Waals surface area (Å²) in [4.78, 5) is 11.1. The molecule has 0 aromatic carbocycles. The minimum atomic E-state index is -0.523. The predicted octanol–water partition coefficient (Wildman–Crippen LogP) is 4.03. The van der Waals surface area contributed by atoms with Crippen LogP contribution in [0.5, 0.6) is 11.8 Å². The number of aromatic nitrogens is 7. The number of imidazole rings is 1. The molecule has 4 rings (SSSR count). The summed E-state index contributed by atoms with van der Waals surface area (Å²) in [7, 11) is 1.87. The largest absolute Gasteiger partial charge is 0.473 e. The number of likely N-dealkylation sites (N-methyl/N-ethyl adjacent to an activating group) is 1. The third-order valence-corrected chi connectivity index (χ3v) is 7.28. The van der Waals surface area contributed by atoms with Crippen LogP contribution in [0, 0.1) is 3.57 Å². The number of aliphatic hydroxyl groups excluding tert-OH is 1. The number of hydrogen-bond acceptors (Lipinski definition) is 8. The summed E-state index contributed by atoms with van der Waals surface area (Å²) in [6.07, 6.45) is 8.40. The summed E-state index contributed by atoms with van der Waals surface area (Å²) < 4.78 is 18.9. The molecule has 1 N–H and O–H groups in total. The van der Waals surface area contributed by atoms with Crippen LogP contribution >= 0.6 is 22.6 Å². The lowest BCUT2D eigenvalue weighted by atomic mass is 10.2. The van der Waals surface area contributed by atoms with Gasteiger partial charge in [0.1, 0.15) is 6.10 Å². The van der Waals surface area contributed by atoms with Gasteiger partial charge in [0, 0.05) is 38.1 Å². The monoisotopic (exact) mass is 648 g/mol. The van der Waals surface area contributed by atoms with Crippen molar-refractivity contribution in [3.63, 3.8) is 0 Å². The molecule has 0 radical (unpaired) electrons. The van der Waals surface area contributed by atoms with E-state index >= 15 is 0 Å². The average Bonchev–Trinajstić information content (AvgIpc) is 3.54. The molecule has 0 saturated carbocycles. The van der Waals surface area contributed by atoms with Gasteiger partial charge in [-0.2, -0.15) is 5.10 Å². The van der Waals surface area contributed by atoms with Crippen LogP contribution in [-0.4, -0.2) is 75.3 Å². The van der Waals surface area contributed by atoms with Gasteiger partial charge in [0.2, 0.25) is 17.5 Å². The van der Waals surface area contributed by atoms with Gasteiger partial charge >= 0.3 is 0 Å². The van der Waals surface area contributed by atoms with Gasteiger partial charge in [0.25, 0.3) is 0 Å². The lowest BCUT2D eigenvalue weighted by molar-refractivity contribution is 0.131. The maximum Gasteiger partial charge on any atom is 0.246 e. The zero-order valence-electron chi connectivity index (χ0n) is 23.4. The fourth-order valence-corrected chi connectivity index (χ4v) is 5.04. The van der Waals surface area contributed by atoms with E-state index in [1.54, 1.807) is 36.3 Å². The van der Waals surface area contributed by atoms with E-state index in [0.29, 0.717) is 37.2 Å². The van der Waals surface area contributed by atoms with Crippen molar-refractivity contribution in [2.45, 2.75) is 66.0 Å². The first-order chi connectivity index (χ1) is 18.6. The minimum absolute atomic E-state index is 0.0121. The lowest BCUT2D eigenvalue weighted by Crippen LogP contribution is -2.35. The van der Waals surface area contributed by atoms with Crippen LogP contribution in [0.15, 0.2) is 31.4 Å². The Hall–Kier alpha value is -2.97. The van der Waals surface area contributed by atoms with Gasteiger partial charge in [-0.3, -0.25) is 14.0 Å². The number of hydrogen-bond donors (Lipinski definition) is 1. The first kappa shape index (κ1) is 29.0. The number of rotatable bonds is 13. The maximum atomic E-state index is 10.1. The van der Waals surface area contributed by atoms with Crippen molar-refractivity contribution in [3.8, 4) is 22.9 Å². The molecule has 0 amide bonds. The second-order valence-electron chi connectivity index (χ2n) is 9.91. The maximum absolute atomic E-state index is 10.1. The Morgan fingerprint density at radius 1 is 1.15 bits per heavy atom. The van der Waals surface area contributed by atoms with Crippen LogP contribution in [0.4, 0.5) is 0 Å². The van der Waals surface area contributed by atoms with Crippen molar-refractivity contribution < 1.29 is 14.6 Å². The highest BCUT2D eigenvalue weighted by Crippen LogP contribution is 2.31. The van der Waals surface area contributed by atoms with E-state index in [0.717, 1.165) is 32.6 Å². The second kappa shape index (κ2) is 12.5. The van der Waals surface area contributed by atoms with Crippen LogP contribution < -0.4 is 9.47 Å². The van der Waals surface area contributed by atoms with Gasteiger partial charge < -0.3 is 14.6 Å². The fourth-order valence-electron chi connectivity index (χ4n) is 4.36. The highest BCUT2D eigenvalue weighted by molar-refractivity contribution is 14.1. The Bertz CT molecular complexity index is 1420. The van der Waals surface area contributed by atoms with Crippen LogP contribution in [0.25, 0.3) is 23.0 Å². The number of halogens is 1. The molecular weight excluding hydrogens is 611 g/mol. The predicted molar refractivity (Wildman–Crippen MR) is 159 cm³/mol. The van der Waals surface area contributed by atoms with E-state index in [9.17, 15) is 5.11 Å². The zero-order chi connectivity index (χ0) is 28.3. The summed E-state index contributed by atoms with van der Waals surface area (Å²) in [5.74, 6) is 1.88. The normalized spacial score (nSPS) is 13.4. The standard InChI is InChI=1S/C27H37IN8O3/c1-8-21-11-30-27-29-10-20(15-35(21)27)22-12-31-33(7)26(22)39-19(6)14-34(9-2)16-23-24(28)25(38-17(3)4)32-36(23)13-18(5)37/h8,10-12,15,17-19,37H,1,9,13-14,16H2,2-7H3/t18-,19-/m0/s1. The van der Waals surface area contributed by atoms with Crippen LogP contribution in [0.2, 0.25) is 0 Å². The van der Waals surface area contributed by atoms with E-state index in [-0.39, 0.29) is 12.2 Å². The highest BCUT2D eigenvalue weighted by Gasteiger charge is 2.23. The zero-order valence-corrected chi connectivity index (χ0v) is 25.5. The summed E-state index contributed by atoms with van der Waals surface area (Å²) in [6, 6.07) is 0. The molecule has 0 aliphatic rings. The summed E-state index contributed by atoms with van der Waals surface area (Å²) in [6.45, 7) is 16.3. The quantitative estimate of drug-likeness (QED) is 0.217. The molecule has 0 bridgehead atoms. The van der Waals surface area contributed by atoms with E-state index in [2.05, 4.69) is 68.1 Å². The van der Waals surface area contributed by atoms with E-state index in [1.807, 2.05) is 36.2 Å². The van der Waals surface area contributed by atoms with Crippen molar-refractivity contribution in [2.24, 2.45) is 7.05 Å². The van der Waals surface area contributed by atoms with Crippen molar-refractivity contribution >= 4 is 34.4 Å². The molecular formula is C27H37IN8O3. The van der Waals surface area contributed by atoms with Crippen LogP contribution in [0.1, 0.15) is 46.0 Å². The number of aryl methyl sites for hydroxylation is 1. The van der Waals surface area contributed by atoms with Crippen molar-refractivity contribution in [3.05, 3.63) is 46.3 Å². The summed E-state index contributed by atoms with van der Waals surface area (Å²) in [5, 5.41) is 19.2. The van der Waals surface area contributed by atoms with Gasteiger partial charge in [-0.15, -0.1) is 5.10 Å². The van der Waals surface area contributed by atoms with Crippen LogP contribution in [0.3, 0.4) is 0 Å². The Balaban J connectivity index is 1.53. The molecule has 0 unspecified atom stereocenters. The smallest absolute Gasteiger partial charge is 0.246 e. The number of fused-ring (bicyclic) bond motifs is 1. The second-order valence-corrected chi connectivity index (χ2v) is 11.0. The van der Waals surface area contributed by atoms with Crippen molar-refractivity contribution in [2.75, 3.05) is 13.1 Å². The first-order valence-corrected chi connectivity index (χ1v) is 14.2. The van der Waals surface area contributed by atoms with Gasteiger partial charge in [0.15, 0.2) is 0 Å². The Labute approximate surface area is 242 Å². The van der Waals surface area contributed by atoms with Gasteiger partial charge in [0.05, 0.1) is 51.7 Å². The first-order valence-electron chi connectivity index (χ1n) is 13.1. The molecule has 4 aromatic rings. The third kappa shape index (κ3) is 6.61. The molecule has 0 saturated heterocycles. The van der Waals surface area contributed by atoms with E-state index in [4.69, 9.17) is 9.47 Å². The number of nitrogens with zero attached hydrogens (tertiary/aromatic N) is 8. The minimum Gasteiger partial charge on any atom is -0.473 e. The SMILES string of the molecule is C=Cc1cnc2ncc(-c3cnn(C)c3O[C@@H](C)CN(CC)Cc3c(I)c(OC(C)C)nn3C[C@H](C)O)cn12. The van der Waals surface area contributed by atoms with Gasteiger partial charge in [-0.1, -0.05) is 13.5 Å². The number of ether oxygens (including phenoxy) is 2.